The summed E-state index contributed by atoms with van der Waals surface area (Å²) in [5.41, 5.74) is 8.45. The van der Waals surface area contributed by atoms with Crippen molar-refractivity contribution >= 4 is 54.2 Å². The van der Waals surface area contributed by atoms with Crippen LogP contribution in [-0.2, 0) is 23.0 Å². The van der Waals surface area contributed by atoms with Crippen LogP contribution in [0.25, 0.3) is 10.2 Å². The second kappa shape index (κ2) is 9.46. The van der Waals surface area contributed by atoms with Gasteiger partial charge in [0.15, 0.2) is 0 Å². The summed E-state index contributed by atoms with van der Waals surface area (Å²) >= 11 is 7.51. The molecular formula is C24H21ClN4O4S2. The van der Waals surface area contributed by atoms with E-state index >= 15 is 0 Å². The number of rotatable bonds is 6. The predicted octanol–water partition coefficient (Wildman–Crippen LogP) is 4.46. The highest BCUT2D eigenvalue weighted by molar-refractivity contribution is 7.89. The molecule has 0 aliphatic carbocycles. The average Bonchev–Trinajstić information content (AvgIpc) is 3.32. The number of fused-ring (bicyclic) bond motifs is 2. The van der Waals surface area contributed by atoms with Crippen LogP contribution in [0.2, 0.25) is 5.02 Å². The molecule has 1 aromatic heterocycles. The van der Waals surface area contributed by atoms with Crippen molar-refractivity contribution < 1.29 is 17.9 Å². The molecule has 5 rings (SSSR count). The summed E-state index contributed by atoms with van der Waals surface area (Å²) < 4.78 is 33.8. The van der Waals surface area contributed by atoms with Crippen LogP contribution in [0.4, 0.5) is 5.13 Å². The number of aromatic nitrogens is 1. The number of halogens is 1. The van der Waals surface area contributed by atoms with Gasteiger partial charge < -0.3 is 4.74 Å². The van der Waals surface area contributed by atoms with Gasteiger partial charge >= 0.3 is 0 Å². The van der Waals surface area contributed by atoms with Crippen LogP contribution in [0.5, 0.6) is 5.75 Å². The number of anilines is 1. The number of methoxy groups -OCH3 is 1. The van der Waals surface area contributed by atoms with E-state index in [0.717, 1.165) is 10.3 Å². The Kier molecular flexibility index (Phi) is 6.37. The largest absolute Gasteiger partial charge is 0.494 e. The van der Waals surface area contributed by atoms with Crippen molar-refractivity contribution in [3.63, 3.8) is 0 Å². The third-order valence-corrected chi connectivity index (χ3v) is 9.10. The standard InChI is InChI=1S/C24H21ClN4O4S2/c1-33-20-11-10-19(25)22-21(20)26-24(34-22)28-27-23(30)16-6-8-18(9-7-16)35(31,32)29-13-12-15-4-2-3-5-17(15)14-29/h2-11H,12-14H2,1H3,(H,26,28)(H,27,30). The maximum atomic E-state index is 13.1. The predicted molar refractivity (Wildman–Crippen MR) is 136 cm³/mol. The van der Waals surface area contributed by atoms with Gasteiger partial charge in [-0.2, -0.15) is 4.31 Å². The first kappa shape index (κ1) is 23.6. The van der Waals surface area contributed by atoms with Crippen LogP contribution in [0, 0.1) is 0 Å². The van der Waals surface area contributed by atoms with Gasteiger partial charge in [0.25, 0.3) is 5.91 Å². The molecule has 8 nitrogen and oxygen atoms in total. The first-order valence-electron chi connectivity index (χ1n) is 10.7. The molecule has 2 N–H and O–H groups in total. The lowest BCUT2D eigenvalue weighted by Crippen LogP contribution is -2.36. The molecule has 0 fully saturated rings. The zero-order valence-corrected chi connectivity index (χ0v) is 21.0. The van der Waals surface area contributed by atoms with E-state index in [9.17, 15) is 13.2 Å². The Morgan fingerprint density at radius 3 is 2.57 bits per heavy atom. The molecule has 1 amide bonds. The van der Waals surface area contributed by atoms with Crippen molar-refractivity contribution in [3.8, 4) is 5.75 Å². The molecule has 0 saturated heterocycles. The van der Waals surface area contributed by atoms with Gasteiger partial charge in [-0.05, 0) is 53.9 Å². The molecule has 180 valence electrons. The van der Waals surface area contributed by atoms with Gasteiger partial charge in [0.2, 0.25) is 15.2 Å². The lowest BCUT2D eigenvalue weighted by Gasteiger charge is -2.28. The highest BCUT2D eigenvalue weighted by Gasteiger charge is 2.28. The fourth-order valence-corrected chi connectivity index (χ4v) is 6.48. The first-order chi connectivity index (χ1) is 16.9. The Morgan fingerprint density at radius 1 is 1.09 bits per heavy atom. The van der Waals surface area contributed by atoms with E-state index in [4.69, 9.17) is 16.3 Å². The number of thiazole rings is 1. The molecule has 0 bridgehead atoms. The van der Waals surface area contributed by atoms with E-state index < -0.39 is 15.9 Å². The number of nitrogens with one attached hydrogen (secondary N) is 2. The maximum absolute atomic E-state index is 13.1. The van der Waals surface area contributed by atoms with Crippen molar-refractivity contribution in [2.24, 2.45) is 0 Å². The normalized spacial score (nSPS) is 13.9. The van der Waals surface area contributed by atoms with Crippen LogP contribution < -0.4 is 15.6 Å². The molecule has 3 aromatic carbocycles. The summed E-state index contributed by atoms with van der Waals surface area (Å²) in [6, 6.07) is 17.2. The topological polar surface area (TPSA) is 101 Å². The van der Waals surface area contributed by atoms with E-state index in [1.165, 1.54) is 45.5 Å². The molecule has 0 radical (unpaired) electrons. The second-order valence-electron chi connectivity index (χ2n) is 7.91. The van der Waals surface area contributed by atoms with Gasteiger partial charge in [0, 0.05) is 18.7 Å². The number of carbonyl (C=O) groups is 1. The molecule has 0 spiro atoms. The van der Waals surface area contributed by atoms with Crippen LogP contribution in [-0.4, -0.2) is 37.3 Å². The third kappa shape index (κ3) is 4.57. The number of amides is 1. The first-order valence-corrected chi connectivity index (χ1v) is 13.4. The molecule has 1 aliphatic rings. The number of benzene rings is 3. The summed E-state index contributed by atoms with van der Waals surface area (Å²) in [6.45, 7) is 0.754. The molecule has 4 aromatic rings. The minimum Gasteiger partial charge on any atom is -0.494 e. The summed E-state index contributed by atoms with van der Waals surface area (Å²) in [6.07, 6.45) is 0.671. The maximum Gasteiger partial charge on any atom is 0.269 e. The second-order valence-corrected chi connectivity index (χ2v) is 11.3. The van der Waals surface area contributed by atoms with Crippen LogP contribution >= 0.6 is 22.9 Å². The molecular weight excluding hydrogens is 508 g/mol. The van der Waals surface area contributed by atoms with Gasteiger partial charge in [0.1, 0.15) is 11.3 Å². The van der Waals surface area contributed by atoms with Gasteiger partial charge in [-0.1, -0.05) is 47.2 Å². The third-order valence-electron chi connectivity index (χ3n) is 5.81. The van der Waals surface area contributed by atoms with Crippen molar-refractivity contribution in [2.45, 2.75) is 17.9 Å². The van der Waals surface area contributed by atoms with Gasteiger partial charge in [-0.3, -0.25) is 15.6 Å². The zero-order chi connectivity index (χ0) is 24.6. The molecule has 0 unspecified atom stereocenters. The Labute approximate surface area is 211 Å². The number of sulfonamides is 1. The van der Waals surface area contributed by atoms with Gasteiger partial charge in [0.05, 0.1) is 21.7 Å². The lowest BCUT2D eigenvalue weighted by atomic mass is 10.0. The molecule has 35 heavy (non-hydrogen) atoms. The van der Waals surface area contributed by atoms with Gasteiger partial charge in [-0.15, -0.1) is 0 Å². The highest BCUT2D eigenvalue weighted by Crippen LogP contribution is 2.37. The minimum absolute atomic E-state index is 0.148. The summed E-state index contributed by atoms with van der Waals surface area (Å²) in [4.78, 5) is 17.2. The van der Waals surface area contributed by atoms with Crippen molar-refractivity contribution in [2.75, 3.05) is 19.1 Å². The molecule has 1 aliphatic heterocycles. The van der Waals surface area contributed by atoms with Crippen molar-refractivity contribution in [1.29, 1.82) is 0 Å². The van der Waals surface area contributed by atoms with E-state index in [-0.39, 0.29) is 4.90 Å². The van der Waals surface area contributed by atoms with Crippen molar-refractivity contribution in [1.82, 2.24) is 14.7 Å². The summed E-state index contributed by atoms with van der Waals surface area (Å²) in [7, 11) is -2.13. The Balaban J connectivity index is 1.27. The van der Waals surface area contributed by atoms with E-state index in [1.54, 1.807) is 19.2 Å². The fraction of sp³-hybridized carbons (Fsp3) is 0.167. The SMILES string of the molecule is COc1ccc(Cl)c2sc(NNC(=O)c3ccc(S(=O)(=O)N4CCc5ccccc5C4)cc3)nc12. The molecule has 0 atom stereocenters. The van der Waals surface area contributed by atoms with Gasteiger partial charge in [-0.25, -0.2) is 13.4 Å². The lowest BCUT2D eigenvalue weighted by molar-refractivity contribution is 0.0962. The summed E-state index contributed by atoms with van der Waals surface area (Å²) in [5, 5.41) is 0.969. The number of carbonyl (C=O) groups excluding carboxylic acids is 1. The van der Waals surface area contributed by atoms with Crippen LogP contribution in [0.3, 0.4) is 0 Å². The molecule has 2 heterocycles. The number of nitrogens with zero attached hydrogens (tertiary/aromatic N) is 2. The van der Waals surface area contributed by atoms with E-state index in [2.05, 4.69) is 15.8 Å². The molecule has 0 saturated carbocycles. The Hall–Kier alpha value is -3.18. The van der Waals surface area contributed by atoms with Crippen LogP contribution in [0.15, 0.2) is 65.6 Å². The fourth-order valence-electron chi connectivity index (χ4n) is 3.96. The monoisotopic (exact) mass is 528 g/mol. The average molecular weight is 529 g/mol. The van der Waals surface area contributed by atoms with Crippen molar-refractivity contribution in [3.05, 3.63) is 82.4 Å². The minimum atomic E-state index is -3.67. The van der Waals surface area contributed by atoms with E-state index in [1.807, 2.05) is 24.3 Å². The summed E-state index contributed by atoms with van der Waals surface area (Å²) in [5.74, 6) is 0.146. The zero-order valence-electron chi connectivity index (χ0n) is 18.6. The number of hydrazine groups is 1. The highest BCUT2D eigenvalue weighted by atomic mass is 35.5. The number of hydrogen-bond acceptors (Lipinski definition) is 7. The Morgan fingerprint density at radius 2 is 1.83 bits per heavy atom. The number of ether oxygens (including phenoxy) is 1. The Bertz CT molecular complexity index is 1520. The molecule has 11 heteroatoms. The number of hydrogen-bond donors (Lipinski definition) is 2. The quantitative estimate of drug-likeness (QED) is 0.358. The van der Waals surface area contributed by atoms with E-state index in [0.29, 0.717) is 46.5 Å². The van der Waals surface area contributed by atoms with Crippen LogP contribution in [0.1, 0.15) is 21.5 Å². The smallest absolute Gasteiger partial charge is 0.269 e.